The number of furan rings is 1. The zero-order valence-corrected chi connectivity index (χ0v) is 7.65. The number of carboxylic acids is 1. The lowest BCUT2D eigenvalue weighted by Crippen LogP contribution is -2.18. The first-order valence-electron chi connectivity index (χ1n) is 4.10. The highest BCUT2D eigenvalue weighted by Gasteiger charge is 2.21. The molecular weight excluding hydrogens is 170 g/mol. The van der Waals surface area contributed by atoms with Gasteiger partial charge in [0.25, 0.3) is 0 Å². The first-order valence-corrected chi connectivity index (χ1v) is 4.10. The van der Waals surface area contributed by atoms with Crippen LogP contribution in [0.25, 0.3) is 0 Å². The molecule has 0 saturated carbocycles. The van der Waals surface area contributed by atoms with Crippen LogP contribution in [0.5, 0.6) is 0 Å². The molecule has 3 N–H and O–H groups in total. The Balaban J connectivity index is 3.00. The summed E-state index contributed by atoms with van der Waals surface area (Å²) in [5.41, 5.74) is 5.92. The fourth-order valence-corrected chi connectivity index (χ4v) is 1.06. The van der Waals surface area contributed by atoms with Crippen LogP contribution in [0.15, 0.2) is 16.7 Å². The van der Waals surface area contributed by atoms with E-state index >= 15 is 0 Å². The molecule has 0 aliphatic rings. The van der Waals surface area contributed by atoms with E-state index in [-0.39, 0.29) is 17.5 Å². The molecule has 1 rings (SSSR count). The maximum atomic E-state index is 10.7. The van der Waals surface area contributed by atoms with Crippen molar-refractivity contribution in [3.05, 3.63) is 23.7 Å². The predicted octanol–water partition coefficient (Wildman–Crippen LogP) is 1.63. The van der Waals surface area contributed by atoms with Crippen LogP contribution in [-0.4, -0.2) is 11.1 Å². The lowest BCUT2D eigenvalue weighted by Gasteiger charge is -2.13. The van der Waals surface area contributed by atoms with Crippen molar-refractivity contribution in [3.63, 3.8) is 0 Å². The summed E-state index contributed by atoms with van der Waals surface area (Å²) < 4.78 is 5.04. The summed E-state index contributed by atoms with van der Waals surface area (Å²) in [5, 5.41) is 8.77. The van der Waals surface area contributed by atoms with Gasteiger partial charge in [-0.1, -0.05) is 13.8 Å². The molecule has 0 bridgehead atoms. The Bertz CT molecular complexity index is 304. The van der Waals surface area contributed by atoms with E-state index in [1.54, 1.807) is 0 Å². The average molecular weight is 183 g/mol. The van der Waals surface area contributed by atoms with Crippen molar-refractivity contribution < 1.29 is 14.3 Å². The molecule has 0 amide bonds. The monoisotopic (exact) mass is 183 g/mol. The number of carboxylic acid groups (broad SMARTS) is 1. The summed E-state index contributed by atoms with van der Waals surface area (Å²) in [6.07, 6.45) is 1.35. The third kappa shape index (κ3) is 1.89. The van der Waals surface area contributed by atoms with Crippen LogP contribution in [0.1, 0.15) is 36.0 Å². The van der Waals surface area contributed by atoms with Gasteiger partial charge in [0, 0.05) is 0 Å². The Hall–Kier alpha value is -1.29. The van der Waals surface area contributed by atoms with Crippen LogP contribution >= 0.6 is 0 Å². The van der Waals surface area contributed by atoms with Gasteiger partial charge < -0.3 is 15.3 Å². The molecule has 1 unspecified atom stereocenters. The van der Waals surface area contributed by atoms with Crippen LogP contribution in [-0.2, 0) is 0 Å². The molecule has 4 heteroatoms. The Morgan fingerprint density at radius 3 is 2.69 bits per heavy atom. The largest absolute Gasteiger partial charge is 0.478 e. The van der Waals surface area contributed by atoms with Crippen molar-refractivity contribution in [2.75, 3.05) is 0 Å². The van der Waals surface area contributed by atoms with Crippen molar-refractivity contribution in [1.29, 1.82) is 0 Å². The van der Waals surface area contributed by atoms with E-state index in [2.05, 4.69) is 0 Å². The molecule has 1 atom stereocenters. The van der Waals surface area contributed by atoms with E-state index in [1.165, 1.54) is 12.3 Å². The van der Waals surface area contributed by atoms with E-state index < -0.39 is 5.97 Å². The molecule has 72 valence electrons. The molecule has 0 aromatic carbocycles. The summed E-state index contributed by atoms with van der Waals surface area (Å²) >= 11 is 0. The highest BCUT2D eigenvalue weighted by molar-refractivity contribution is 5.88. The quantitative estimate of drug-likeness (QED) is 0.746. The maximum absolute atomic E-state index is 10.7. The molecule has 13 heavy (non-hydrogen) atoms. The van der Waals surface area contributed by atoms with Gasteiger partial charge in [-0.2, -0.15) is 0 Å². The van der Waals surface area contributed by atoms with Gasteiger partial charge in [-0.05, 0) is 12.0 Å². The predicted molar refractivity (Wildman–Crippen MR) is 47.4 cm³/mol. The molecule has 4 nitrogen and oxygen atoms in total. The van der Waals surface area contributed by atoms with E-state index in [0.29, 0.717) is 5.76 Å². The van der Waals surface area contributed by atoms with E-state index in [0.717, 1.165) is 0 Å². The third-order valence-electron chi connectivity index (χ3n) is 1.95. The van der Waals surface area contributed by atoms with Gasteiger partial charge in [0.05, 0.1) is 12.3 Å². The summed E-state index contributed by atoms with van der Waals surface area (Å²) in [6.45, 7) is 3.83. The lowest BCUT2D eigenvalue weighted by molar-refractivity contribution is 0.0693. The minimum atomic E-state index is -1.00. The van der Waals surface area contributed by atoms with Gasteiger partial charge in [0.15, 0.2) is 0 Å². The molecular formula is C9H13NO3. The highest BCUT2D eigenvalue weighted by atomic mass is 16.4. The van der Waals surface area contributed by atoms with Crippen molar-refractivity contribution in [2.24, 2.45) is 11.7 Å². The molecule has 1 aromatic rings. The number of carbonyl (C=O) groups is 1. The SMILES string of the molecule is CC(C)C(N)c1occc1C(=O)O. The topological polar surface area (TPSA) is 76.5 Å². The van der Waals surface area contributed by atoms with Crippen LogP contribution in [0.3, 0.4) is 0 Å². The molecule has 1 heterocycles. The molecule has 0 saturated heterocycles. The second-order valence-electron chi connectivity index (χ2n) is 3.27. The van der Waals surface area contributed by atoms with Gasteiger partial charge in [0.2, 0.25) is 0 Å². The fraction of sp³-hybridized carbons (Fsp3) is 0.444. The minimum Gasteiger partial charge on any atom is -0.478 e. The average Bonchev–Trinajstić information content (AvgIpc) is 2.50. The summed E-state index contributed by atoms with van der Waals surface area (Å²) in [6, 6.07) is 1.06. The summed E-state index contributed by atoms with van der Waals surface area (Å²) in [7, 11) is 0. The first-order chi connectivity index (χ1) is 6.04. The summed E-state index contributed by atoms with van der Waals surface area (Å²) in [5.74, 6) is -0.494. The molecule has 0 spiro atoms. The Kier molecular flexibility index (Phi) is 2.72. The van der Waals surface area contributed by atoms with Gasteiger partial charge in [-0.3, -0.25) is 0 Å². The van der Waals surface area contributed by atoms with Crippen LogP contribution in [0, 0.1) is 5.92 Å². The van der Waals surface area contributed by atoms with Gasteiger partial charge in [0.1, 0.15) is 11.3 Å². The zero-order chi connectivity index (χ0) is 10.0. The number of rotatable bonds is 3. The first kappa shape index (κ1) is 9.80. The smallest absolute Gasteiger partial charge is 0.339 e. The number of hydrogen-bond donors (Lipinski definition) is 2. The van der Waals surface area contributed by atoms with Crippen LogP contribution in [0.2, 0.25) is 0 Å². The molecule has 0 aliphatic heterocycles. The maximum Gasteiger partial charge on any atom is 0.339 e. The van der Waals surface area contributed by atoms with Crippen molar-refractivity contribution in [1.82, 2.24) is 0 Å². The van der Waals surface area contributed by atoms with Gasteiger partial charge in [-0.15, -0.1) is 0 Å². The second kappa shape index (κ2) is 3.62. The van der Waals surface area contributed by atoms with Crippen LogP contribution < -0.4 is 5.73 Å². The van der Waals surface area contributed by atoms with Crippen molar-refractivity contribution in [3.8, 4) is 0 Å². The highest BCUT2D eigenvalue weighted by Crippen LogP contribution is 2.23. The van der Waals surface area contributed by atoms with Crippen molar-refractivity contribution >= 4 is 5.97 Å². The Morgan fingerprint density at radius 2 is 2.23 bits per heavy atom. The zero-order valence-electron chi connectivity index (χ0n) is 7.65. The number of hydrogen-bond acceptors (Lipinski definition) is 3. The van der Waals surface area contributed by atoms with Gasteiger partial charge in [-0.25, -0.2) is 4.79 Å². The van der Waals surface area contributed by atoms with Crippen molar-refractivity contribution in [2.45, 2.75) is 19.9 Å². The minimum absolute atomic E-state index is 0.154. The Labute approximate surface area is 76.3 Å². The van der Waals surface area contributed by atoms with Crippen LogP contribution in [0.4, 0.5) is 0 Å². The fourth-order valence-electron chi connectivity index (χ4n) is 1.06. The summed E-state index contributed by atoms with van der Waals surface area (Å²) in [4.78, 5) is 10.7. The molecule has 0 aliphatic carbocycles. The normalized spacial score (nSPS) is 13.2. The van der Waals surface area contributed by atoms with E-state index in [4.69, 9.17) is 15.3 Å². The van der Waals surface area contributed by atoms with E-state index in [9.17, 15) is 4.79 Å². The Morgan fingerprint density at radius 1 is 1.62 bits per heavy atom. The molecule has 0 radical (unpaired) electrons. The third-order valence-corrected chi connectivity index (χ3v) is 1.95. The number of nitrogens with two attached hydrogens (primary N) is 1. The van der Waals surface area contributed by atoms with Gasteiger partial charge >= 0.3 is 5.97 Å². The standard InChI is InChI=1S/C9H13NO3/c1-5(2)7(10)8-6(9(11)12)3-4-13-8/h3-5,7H,10H2,1-2H3,(H,11,12). The van der Waals surface area contributed by atoms with E-state index in [1.807, 2.05) is 13.8 Å². The second-order valence-corrected chi connectivity index (χ2v) is 3.27. The molecule has 0 fully saturated rings. The molecule has 1 aromatic heterocycles. The lowest BCUT2D eigenvalue weighted by atomic mass is 10.0. The number of aromatic carboxylic acids is 1.